The third-order valence-corrected chi connectivity index (χ3v) is 2.72. The van der Waals surface area contributed by atoms with E-state index in [2.05, 4.69) is 15.5 Å². The van der Waals surface area contributed by atoms with Crippen LogP contribution in [0.3, 0.4) is 0 Å². The minimum absolute atomic E-state index is 0.649. The van der Waals surface area contributed by atoms with Crippen molar-refractivity contribution in [3.05, 3.63) is 11.7 Å². The maximum absolute atomic E-state index is 5.03. The average molecular weight is 195 g/mol. The second kappa shape index (κ2) is 4.55. The Morgan fingerprint density at radius 1 is 1.36 bits per heavy atom. The summed E-state index contributed by atoms with van der Waals surface area (Å²) >= 11 is 0. The summed E-state index contributed by atoms with van der Waals surface area (Å²) in [6.45, 7) is 2.55. The Hall–Kier alpha value is -0.900. The number of hydrogen-bond donors (Lipinski definition) is 1. The molecule has 1 aliphatic rings. The van der Waals surface area contributed by atoms with Crippen LogP contribution in [-0.4, -0.2) is 16.2 Å². The molecule has 0 bridgehead atoms. The molecule has 1 aromatic rings. The Bertz CT molecular complexity index is 279. The highest BCUT2D eigenvalue weighted by Crippen LogP contribution is 2.17. The first-order chi connectivity index (χ1) is 6.84. The van der Waals surface area contributed by atoms with Crippen molar-refractivity contribution in [3.8, 4) is 0 Å². The molecule has 1 aliphatic carbocycles. The first-order valence-electron chi connectivity index (χ1n) is 5.37. The highest BCUT2D eigenvalue weighted by Gasteiger charge is 2.13. The van der Waals surface area contributed by atoms with Gasteiger partial charge in [0.2, 0.25) is 5.89 Å². The van der Waals surface area contributed by atoms with Crippen molar-refractivity contribution < 1.29 is 4.52 Å². The molecule has 1 heterocycles. The van der Waals surface area contributed by atoms with Crippen LogP contribution in [0.1, 0.15) is 43.8 Å². The van der Waals surface area contributed by atoms with Crippen LogP contribution in [0, 0.1) is 6.92 Å². The lowest BCUT2D eigenvalue weighted by atomic mass is 9.95. The van der Waals surface area contributed by atoms with Crippen LogP contribution in [0.5, 0.6) is 0 Å². The first-order valence-corrected chi connectivity index (χ1v) is 5.37. The van der Waals surface area contributed by atoms with Crippen molar-refractivity contribution in [3.63, 3.8) is 0 Å². The summed E-state index contributed by atoms with van der Waals surface area (Å²) in [6, 6.07) is 0.649. The molecular weight excluding hydrogens is 178 g/mol. The van der Waals surface area contributed by atoms with E-state index in [0.717, 1.165) is 0 Å². The Morgan fingerprint density at radius 3 is 2.79 bits per heavy atom. The Labute approximate surface area is 84.1 Å². The van der Waals surface area contributed by atoms with Crippen LogP contribution >= 0.6 is 0 Å². The molecule has 0 saturated heterocycles. The van der Waals surface area contributed by atoms with Gasteiger partial charge in [-0.05, 0) is 19.8 Å². The molecule has 1 aromatic heterocycles. The summed E-state index contributed by atoms with van der Waals surface area (Å²) in [4.78, 5) is 4.15. The van der Waals surface area contributed by atoms with Gasteiger partial charge in [0.05, 0.1) is 6.54 Å². The highest BCUT2D eigenvalue weighted by atomic mass is 16.5. The van der Waals surface area contributed by atoms with Gasteiger partial charge in [-0.2, -0.15) is 4.98 Å². The monoisotopic (exact) mass is 195 g/mol. The van der Waals surface area contributed by atoms with Gasteiger partial charge in [-0.25, -0.2) is 0 Å². The molecule has 0 spiro atoms. The van der Waals surface area contributed by atoms with Gasteiger partial charge in [-0.15, -0.1) is 0 Å². The molecule has 1 fully saturated rings. The topological polar surface area (TPSA) is 51.0 Å². The van der Waals surface area contributed by atoms with E-state index < -0.39 is 0 Å². The van der Waals surface area contributed by atoms with Crippen molar-refractivity contribution in [1.29, 1.82) is 0 Å². The van der Waals surface area contributed by atoms with Gasteiger partial charge in [0.25, 0.3) is 0 Å². The van der Waals surface area contributed by atoms with Crippen LogP contribution in [0.25, 0.3) is 0 Å². The maximum atomic E-state index is 5.03. The van der Waals surface area contributed by atoms with Gasteiger partial charge in [-0.3, -0.25) is 0 Å². The van der Waals surface area contributed by atoms with Crippen LogP contribution in [-0.2, 0) is 6.54 Å². The number of nitrogens with one attached hydrogen (secondary N) is 1. The summed E-state index contributed by atoms with van der Waals surface area (Å²) in [6.07, 6.45) is 6.65. The SMILES string of the molecule is Cc1noc(CNC2CCCCC2)n1. The zero-order chi connectivity index (χ0) is 9.80. The summed E-state index contributed by atoms with van der Waals surface area (Å²) in [5.74, 6) is 1.42. The standard InChI is InChI=1S/C10H17N3O/c1-8-12-10(14-13-8)7-11-9-5-3-2-4-6-9/h9,11H,2-7H2,1H3. The molecular formula is C10H17N3O. The minimum atomic E-state index is 0.649. The van der Waals surface area contributed by atoms with E-state index in [9.17, 15) is 0 Å². The lowest BCUT2D eigenvalue weighted by molar-refractivity contribution is 0.326. The van der Waals surface area contributed by atoms with Crippen LogP contribution in [0.2, 0.25) is 0 Å². The first kappa shape index (κ1) is 9.65. The van der Waals surface area contributed by atoms with Crippen molar-refractivity contribution in [2.24, 2.45) is 0 Å². The number of nitrogens with zero attached hydrogens (tertiary/aromatic N) is 2. The second-order valence-corrected chi connectivity index (χ2v) is 3.95. The predicted octanol–water partition coefficient (Wildman–Crippen LogP) is 1.80. The average Bonchev–Trinajstić information content (AvgIpc) is 2.63. The summed E-state index contributed by atoms with van der Waals surface area (Å²) in [7, 11) is 0. The van der Waals surface area contributed by atoms with E-state index in [1.165, 1.54) is 32.1 Å². The number of rotatable bonds is 3. The number of aromatic nitrogens is 2. The summed E-state index contributed by atoms with van der Waals surface area (Å²) < 4.78 is 5.03. The molecule has 0 unspecified atom stereocenters. The highest BCUT2D eigenvalue weighted by molar-refractivity contribution is 4.83. The zero-order valence-corrected chi connectivity index (χ0v) is 8.62. The Kier molecular flexibility index (Phi) is 3.14. The normalized spacial score (nSPS) is 18.6. The molecule has 1 N–H and O–H groups in total. The van der Waals surface area contributed by atoms with Gasteiger partial charge in [0.1, 0.15) is 0 Å². The summed E-state index contributed by atoms with van der Waals surface area (Å²) in [5, 5.41) is 7.21. The molecule has 14 heavy (non-hydrogen) atoms. The van der Waals surface area contributed by atoms with E-state index in [1.54, 1.807) is 0 Å². The lowest BCUT2D eigenvalue weighted by Crippen LogP contribution is -2.30. The van der Waals surface area contributed by atoms with Gasteiger partial charge in [0.15, 0.2) is 5.82 Å². The third-order valence-electron chi connectivity index (χ3n) is 2.72. The van der Waals surface area contributed by atoms with Crippen molar-refractivity contribution in [1.82, 2.24) is 15.5 Å². The molecule has 2 rings (SSSR count). The largest absolute Gasteiger partial charge is 0.338 e. The molecule has 0 aliphatic heterocycles. The predicted molar refractivity (Wildman–Crippen MR) is 52.7 cm³/mol. The molecule has 78 valence electrons. The fraction of sp³-hybridized carbons (Fsp3) is 0.800. The van der Waals surface area contributed by atoms with E-state index in [-0.39, 0.29) is 0 Å². The Morgan fingerprint density at radius 2 is 2.14 bits per heavy atom. The maximum Gasteiger partial charge on any atom is 0.240 e. The third kappa shape index (κ3) is 2.54. The van der Waals surface area contributed by atoms with Crippen LogP contribution < -0.4 is 5.32 Å². The van der Waals surface area contributed by atoms with Crippen molar-refractivity contribution in [2.75, 3.05) is 0 Å². The van der Waals surface area contributed by atoms with Gasteiger partial charge >= 0.3 is 0 Å². The zero-order valence-electron chi connectivity index (χ0n) is 8.62. The van der Waals surface area contributed by atoms with Crippen molar-refractivity contribution in [2.45, 2.75) is 51.6 Å². The van der Waals surface area contributed by atoms with E-state index in [4.69, 9.17) is 4.52 Å². The van der Waals surface area contributed by atoms with Crippen molar-refractivity contribution >= 4 is 0 Å². The molecule has 0 atom stereocenters. The van der Waals surface area contributed by atoms with E-state index in [1.807, 2.05) is 6.92 Å². The van der Waals surface area contributed by atoms with Gasteiger partial charge < -0.3 is 9.84 Å². The second-order valence-electron chi connectivity index (χ2n) is 3.95. The fourth-order valence-corrected chi connectivity index (χ4v) is 1.95. The van der Waals surface area contributed by atoms with E-state index >= 15 is 0 Å². The molecule has 4 nitrogen and oxygen atoms in total. The quantitative estimate of drug-likeness (QED) is 0.799. The molecule has 0 radical (unpaired) electrons. The molecule has 1 saturated carbocycles. The number of aryl methyl sites for hydroxylation is 1. The smallest absolute Gasteiger partial charge is 0.240 e. The molecule has 4 heteroatoms. The fourth-order valence-electron chi connectivity index (χ4n) is 1.95. The summed E-state index contributed by atoms with van der Waals surface area (Å²) in [5.41, 5.74) is 0. The van der Waals surface area contributed by atoms with Gasteiger partial charge in [-0.1, -0.05) is 24.4 Å². The van der Waals surface area contributed by atoms with Crippen LogP contribution in [0.4, 0.5) is 0 Å². The molecule has 0 aromatic carbocycles. The van der Waals surface area contributed by atoms with Gasteiger partial charge in [0, 0.05) is 6.04 Å². The Balaban J connectivity index is 1.76. The van der Waals surface area contributed by atoms with E-state index in [0.29, 0.717) is 24.3 Å². The van der Waals surface area contributed by atoms with Crippen LogP contribution in [0.15, 0.2) is 4.52 Å². The number of hydrogen-bond acceptors (Lipinski definition) is 4. The lowest BCUT2D eigenvalue weighted by Gasteiger charge is -2.21. The molecule has 0 amide bonds. The minimum Gasteiger partial charge on any atom is -0.338 e.